The Morgan fingerprint density at radius 2 is 1.94 bits per heavy atom. The molecule has 0 aromatic heterocycles. The Balaban J connectivity index is 1.76. The van der Waals surface area contributed by atoms with E-state index in [0.29, 0.717) is 25.2 Å². The van der Waals surface area contributed by atoms with E-state index in [1.165, 1.54) is 11.1 Å². The van der Waals surface area contributed by atoms with Crippen molar-refractivity contribution in [3.63, 3.8) is 0 Å². The number of hydrogen-bond donors (Lipinski definition) is 0. The Bertz CT molecular complexity index is 419. The van der Waals surface area contributed by atoms with Crippen molar-refractivity contribution in [2.45, 2.75) is 26.7 Å². The fourth-order valence-electron chi connectivity index (χ4n) is 2.27. The summed E-state index contributed by atoms with van der Waals surface area (Å²) in [6.07, 6.45) is 1.40. The number of carbonyl (C=O) groups excluding carboxylic acids is 1. The third-order valence-electron chi connectivity index (χ3n) is 3.41. The first-order valence-corrected chi connectivity index (χ1v) is 6.59. The molecule has 18 heavy (non-hydrogen) atoms. The second-order valence-corrected chi connectivity index (χ2v) is 5.00. The van der Waals surface area contributed by atoms with Crippen LogP contribution in [0.4, 0.5) is 0 Å². The van der Waals surface area contributed by atoms with Crippen LogP contribution in [-0.2, 0) is 4.79 Å². The van der Waals surface area contributed by atoms with E-state index in [9.17, 15) is 4.79 Å². The molecule has 1 saturated heterocycles. The lowest BCUT2D eigenvalue weighted by atomic mass is 10.1. The van der Waals surface area contributed by atoms with Crippen LogP contribution in [-0.4, -0.2) is 36.9 Å². The summed E-state index contributed by atoms with van der Waals surface area (Å²) in [7, 11) is 0. The molecule has 0 N–H and O–H groups in total. The average Bonchev–Trinajstić information content (AvgIpc) is 2.34. The second-order valence-electron chi connectivity index (χ2n) is 5.00. The van der Waals surface area contributed by atoms with Crippen molar-refractivity contribution < 1.29 is 9.53 Å². The van der Waals surface area contributed by atoms with Crippen molar-refractivity contribution in [1.29, 1.82) is 0 Å². The zero-order valence-corrected chi connectivity index (χ0v) is 11.2. The number of Topliss-reactive ketones (excluding diaryl/α,β-unsaturated/α-hetero) is 1. The summed E-state index contributed by atoms with van der Waals surface area (Å²) < 4.78 is 5.79. The van der Waals surface area contributed by atoms with E-state index in [2.05, 4.69) is 30.9 Å². The van der Waals surface area contributed by atoms with Crippen molar-refractivity contribution in [1.82, 2.24) is 4.90 Å². The summed E-state index contributed by atoms with van der Waals surface area (Å²) in [5.74, 6) is 1.36. The minimum absolute atomic E-state index is 0.390. The highest BCUT2D eigenvalue weighted by Gasteiger charge is 2.15. The van der Waals surface area contributed by atoms with Gasteiger partial charge in [-0.2, -0.15) is 0 Å². The van der Waals surface area contributed by atoms with Crippen LogP contribution in [0.25, 0.3) is 0 Å². The number of hydrogen-bond acceptors (Lipinski definition) is 3. The topological polar surface area (TPSA) is 29.5 Å². The lowest BCUT2D eigenvalue weighted by Gasteiger charge is -2.25. The SMILES string of the molecule is Cc1ccc(OCCN2CCC(=O)CC2)c(C)c1. The van der Waals surface area contributed by atoms with E-state index in [4.69, 9.17) is 4.74 Å². The number of nitrogens with zero attached hydrogens (tertiary/aromatic N) is 1. The molecule has 0 amide bonds. The smallest absolute Gasteiger partial charge is 0.135 e. The van der Waals surface area contributed by atoms with Gasteiger partial charge in [0.15, 0.2) is 0 Å². The third kappa shape index (κ3) is 3.57. The van der Waals surface area contributed by atoms with Crippen LogP contribution >= 0.6 is 0 Å². The molecule has 1 aromatic carbocycles. The molecular weight excluding hydrogens is 226 g/mol. The molecule has 1 aliphatic heterocycles. The lowest BCUT2D eigenvalue weighted by molar-refractivity contribution is -0.121. The molecule has 98 valence electrons. The molecule has 1 heterocycles. The molecule has 1 fully saturated rings. The number of benzene rings is 1. The minimum atomic E-state index is 0.390. The van der Waals surface area contributed by atoms with Gasteiger partial charge in [-0.15, -0.1) is 0 Å². The number of likely N-dealkylation sites (tertiary alicyclic amines) is 1. The summed E-state index contributed by atoms with van der Waals surface area (Å²) >= 11 is 0. The maximum Gasteiger partial charge on any atom is 0.135 e. The van der Waals surface area contributed by atoms with E-state index < -0.39 is 0 Å². The van der Waals surface area contributed by atoms with Gasteiger partial charge in [0.25, 0.3) is 0 Å². The highest BCUT2D eigenvalue weighted by molar-refractivity contribution is 5.79. The van der Waals surface area contributed by atoms with Gasteiger partial charge in [0.2, 0.25) is 0 Å². The lowest BCUT2D eigenvalue weighted by Crippen LogP contribution is -2.36. The van der Waals surface area contributed by atoms with Gasteiger partial charge in [-0.05, 0) is 25.5 Å². The van der Waals surface area contributed by atoms with E-state index in [-0.39, 0.29) is 0 Å². The van der Waals surface area contributed by atoms with Crippen molar-refractivity contribution in [2.24, 2.45) is 0 Å². The number of ketones is 1. The first-order chi connectivity index (χ1) is 8.65. The fourth-order valence-corrected chi connectivity index (χ4v) is 2.27. The van der Waals surface area contributed by atoms with Gasteiger partial charge in [0, 0.05) is 32.5 Å². The average molecular weight is 247 g/mol. The zero-order chi connectivity index (χ0) is 13.0. The molecule has 1 aliphatic rings. The summed E-state index contributed by atoms with van der Waals surface area (Å²) in [6.45, 7) is 7.52. The Labute approximate surface area is 109 Å². The minimum Gasteiger partial charge on any atom is -0.492 e. The maximum absolute atomic E-state index is 11.1. The molecule has 0 atom stereocenters. The van der Waals surface area contributed by atoms with E-state index in [1.54, 1.807) is 0 Å². The van der Waals surface area contributed by atoms with E-state index in [0.717, 1.165) is 25.4 Å². The third-order valence-corrected chi connectivity index (χ3v) is 3.41. The van der Waals surface area contributed by atoms with Crippen molar-refractivity contribution >= 4 is 5.78 Å². The highest BCUT2D eigenvalue weighted by Crippen LogP contribution is 2.18. The predicted octanol–water partition coefficient (Wildman–Crippen LogP) is 2.35. The van der Waals surface area contributed by atoms with Gasteiger partial charge in [-0.3, -0.25) is 9.69 Å². The molecule has 2 rings (SSSR count). The normalized spacial score (nSPS) is 16.9. The Morgan fingerprint density at radius 1 is 1.22 bits per heavy atom. The summed E-state index contributed by atoms with van der Waals surface area (Å²) in [4.78, 5) is 13.4. The first-order valence-electron chi connectivity index (χ1n) is 6.59. The van der Waals surface area contributed by atoms with Gasteiger partial charge in [-0.1, -0.05) is 17.7 Å². The first kappa shape index (κ1) is 13.1. The van der Waals surface area contributed by atoms with Gasteiger partial charge in [0.1, 0.15) is 18.1 Å². The molecule has 3 nitrogen and oxygen atoms in total. The molecular formula is C15H21NO2. The Hall–Kier alpha value is -1.35. The van der Waals surface area contributed by atoms with E-state index >= 15 is 0 Å². The Morgan fingerprint density at radius 3 is 2.61 bits per heavy atom. The largest absolute Gasteiger partial charge is 0.492 e. The molecule has 0 unspecified atom stereocenters. The summed E-state index contributed by atoms with van der Waals surface area (Å²) in [5.41, 5.74) is 2.44. The molecule has 1 aromatic rings. The quantitative estimate of drug-likeness (QED) is 0.818. The van der Waals surface area contributed by atoms with Gasteiger partial charge >= 0.3 is 0 Å². The fraction of sp³-hybridized carbons (Fsp3) is 0.533. The number of piperidine rings is 1. The number of aryl methyl sites for hydroxylation is 2. The number of ether oxygens (including phenoxy) is 1. The van der Waals surface area contributed by atoms with E-state index in [1.807, 2.05) is 6.07 Å². The van der Waals surface area contributed by atoms with Crippen LogP contribution in [0, 0.1) is 13.8 Å². The molecule has 0 saturated carbocycles. The summed E-state index contributed by atoms with van der Waals surface area (Å²) in [6, 6.07) is 6.24. The van der Waals surface area contributed by atoms with Crippen molar-refractivity contribution in [3.8, 4) is 5.75 Å². The van der Waals surface area contributed by atoms with Crippen molar-refractivity contribution in [3.05, 3.63) is 29.3 Å². The van der Waals surface area contributed by atoms with Gasteiger partial charge in [0.05, 0.1) is 0 Å². The van der Waals surface area contributed by atoms with Crippen LogP contribution in [0.5, 0.6) is 5.75 Å². The zero-order valence-electron chi connectivity index (χ0n) is 11.2. The molecule has 0 bridgehead atoms. The highest BCUT2D eigenvalue weighted by atomic mass is 16.5. The number of rotatable bonds is 4. The van der Waals surface area contributed by atoms with Crippen LogP contribution in [0.3, 0.4) is 0 Å². The van der Waals surface area contributed by atoms with Crippen LogP contribution in [0.2, 0.25) is 0 Å². The maximum atomic E-state index is 11.1. The van der Waals surface area contributed by atoms with Gasteiger partial charge < -0.3 is 4.74 Å². The molecule has 0 radical (unpaired) electrons. The standard InChI is InChI=1S/C15H21NO2/c1-12-3-4-15(13(2)11-12)18-10-9-16-7-5-14(17)6-8-16/h3-4,11H,5-10H2,1-2H3. The van der Waals surface area contributed by atoms with Crippen LogP contribution in [0.15, 0.2) is 18.2 Å². The predicted molar refractivity (Wildman–Crippen MR) is 72.1 cm³/mol. The van der Waals surface area contributed by atoms with Crippen LogP contribution in [0.1, 0.15) is 24.0 Å². The van der Waals surface area contributed by atoms with Crippen molar-refractivity contribution in [2.75, 3.05) is 26.2 Å². The monoisotopic (exact) mass is 247 g/mol. The summed E-state index contributed by atoms with van der Waals surface area (Å²) in [5, 5.41) is 0. The molecule has 0 spiro atoms. The second kappa shape index (κ2) is 6.01. The molecule has 3 heteroatoms. The number of carbonyl (C=O) groups is 1. The molecule has 0 aliphatic carbocycles. The Kier molecular flexibility index (Phi) is 4.37. The van der Waals surface area contributed by atoms with Crippen LogP contribution < -0.4 is 4.74 Å². The van der Waals surface area contributed by atoms with Gasteiger partial charge in [-0.25, -0.2) is 0 Å².